The van der Waals surface area contributed by atoms with Gasteiger partial charge in [0.05, 0.1) is 25.0 Å². The Morgan fingerprint density at radius 1 is 1.16 bits per heavy atom. The minimum Gasteiger partial charge on any atom is -0.377 e. The van der Waals surface area contributed by atoms with E-state index >= 15 is 0 Å². The Labute approximate surface area is 188 Å². The lowest BCUT2D eigenvalue weighted by atomic mass is 10.1. The number of ether oxygens (including phenoxy) is 1. The molecule has 2 rings (SSSR count). The molecule has 1 aliphatic heterocycles. The number of benzene rings is 1. The molecule has 176 valence electrons. The van der Waals surface area contributed by atoms with Gasteiger partial charge in [-0.25, -0.2) is 0 Å². The normalized spacial score (nSPS) is 13.7. The van der Waals surface area contributed by atoms with E-state index in [4.69, 9.17) is 9.57 Å². The van der Waals surface area contributed by atoms with Crippen LogP contribution >= 0.6 is 0 Å². The lowest BCUT2D eigenvalue weighted by molar-refractivity contribution is -0.109. The third-order valence-electron chi connectivity index (χ3n) is 4.72. The van der Waals surface area contributed by atoms with Crippen LogP contribution in [-0.4, -0.2) is 63.4 Å². The largest absolute Gasteiger partial charge is 0.377 e. The second-order valence-electron chi connectivity index (χ2n) is 8.16. The van der Waals surface area contributed by atoms with Crippen LogP contribution in [0.1, 0.15) is 53.0 Å². The second kappa shape index (κ2) is 14.7. The van der Waals surface area contributed by atoms with E-state index in [2.05, 4.69) is 65.8 Å². The smallest absolute Gasteiger partial charge is 0.207 e. The summed E-state index contributed by atoms with van der Waals surface area (Å²) >= 11 is 0. The van der Waals surface area contributed by atoms with Crippen LogP contribution < -0.4 is 15.7 Å². The van der Waals surface area contributed by atoms with Gasteiger partial charge in [0, 0.05) is 44.0 Å². The number of nitrogens with zero attached hydrogens (tertiary/aromatic N) is 2. The number of amides is 1. The number of hydrogen-bond donors (Lipinski definition) is 2. The van der Waals surface area contributed by atoms with Gasteiger partial charge in [-0.2, -0.15) is 0 Å². The molecule has 0 atom stereocenters. The van der Waals surface area contributed by atoms with E-state index in [0.29, 0.717) is 19.7 Å². The number of hydrogen-bond acceptors (Lipinski definition) is 6. The molecule has 0 saturated carbocycles. The van der Waals surface area contributed by atoms with Crippen LogP contribution in [0.15, 0.2) is 24.4 Å². The number of nitrogens with one attached hydrogen (secondary N) is 2. The SMILES string of the molecule is CC.CONc1ccc(N(CCNC=O)CCOC(C)(C)C)cc1/C=C/N1CCCC1. The highest BCUT2D eigenvalue weighted by molar-refractivity contribution is 5.71. The fraction of sp³-hybridized carbons (Fsp3) is 0.625. The molecule has 7 heteroatoms. The number of rotatable bonds is 12. The van der Waals surface area contributed by atoms with Crippen molar-refractivity contribution >= 4 is 23.9 Å². The molecule has 0 aromatic heterocycles. The van der Waals surface area contributed by atoms with Crippen molar-refractivity contribution in [3.8, 4) is 0 Å². The van der Waals surface area contributed by atoms with Gasteiger partial charge in [-0.1, -0.05) is 13.8 Å². The molecule has 0 unspecified atom stereocenters. The molecule has 0 radical (unpaired) electrons. The molecule has 0 bridgehead atoms. The monoisotopic (exact) mass is 434 g/mol. The summed E-state index contributed by atoms with van der Waals surface area (Å²) in [4.78, 5) is 20.4. The van der Waals surface area contributed by atoms with Crippen LogP contribution in [0.4, 0.5) is 11.4 Å². The third kappa shape index (κ3) is 10.6. The first-order valence-electron chi connectivity index (χ1n) is 11.3. The summed E-state index contributed by atoms with van der Waals surface area (Å²) < 4.78 is 5.91. The maximum absolute atomic E-state index is 10.7. The molecule has 0 spiro atoms. The van der Waals surface area contributed by atoms with E-state index in [1.807, 2.05) is 19.9 Å². The van der Waals surface area contributed by atoms with Gasteiger partial charge >= 0.3 is 0 Å². The average Bonchev–Trinajstić information content (AvgIpc) is 3.26. The molecule has 0 aliphatic carbocycles. The average molecular weight is 435 g/mol. The zero-order valence-corrected chi connectivity index (χ0v) is 20.2. The van der Waals surface area contributed by atoms with Crippen LogP contribution in [0.5, 0.6) is 0 Å². The molecule has 7 nitrogen and oxygen atoms in total. The van der Waals surface area contributed by atoms with Crippen molar-refractivity contribution in [2.45, 2.75) is 53.1 Å². The summed E-state index contributed by atoms with van der Waals surface area (Å²) in [6.45, 7) is 15.0. The molecule has 31 heavy (non-hydrogen) atoms. The van der Waals surface area contributed by atoms with Gasteiger partial charge in [0.15, 0.2) is 0 Å². The Kier molecular flexibility index (Phi) is 12.7. The van der Waals surface area contributed by atoms with Crippen molar-refractivity contribution in [1.29, 1.82) is 0 Å². The number of likely N-dealkylation sites (tertiary alicyclic amines) is 1. The highest BCUT2D eigenvalue weighted by Gasteiger charge is 2.14. The fourth-order valence-electron chi connectivity index (χ4n) is 3.25. The van der Waals surface area contributed by atoms with Crippen LogP contribution in [-0.2, 0) is 14.4 Å². The van der Waals surface area contributed by atoms with E-state index in [-0.39, 0.29) is 5.60 Å². The van der Waals surface area contributed by atoms with Crippen LogP contribution in [0.25, 0.3) is 6.08 Å². The lowest BCUT2D eigenvalue weighted by Gasteiger charge is -2.28. The Morgan fingerprint density at radius 2 is 1.87 bits per heavy atom. The van der Waals surface area contributed by atoms with Gasteiger partial charge in [-0.05, 0) is 64.1 Å². The van der Waals surface area contributed by atoms with Gasteiger partial charge in [0.1, 0.15) is 0 Å². The molecule has 1 aromatic carbocycles. The second-order valence-corrected chi connectivity index (χ2v) is 8.16. The minimum absolute atomic E-state index is 0.178. The molecule has 1 heterocycles. The van der Waals surface area contributed by atoms with Crippen LogP contribution in [0.3, 0.4) is 0 Å². The summed E-state index contributed by atoms with van der Waals surface area (Å²) in [5.41, 5.74) is 5.84. The quantitative estimate of drug-likeness (QED) is 0.293. The summed E-state index contributed by atoms with van der Waals surface area (Å²) in [7, 11) is 1.61. The first-order chi connectivity index (χ1) is 14.9. The molecular weight excluding hydrogens is 392 g/mol. The minimum atomic E-state index is -0.178. The summed E-state index contributed by atoms with van der Waals surface area (Å²) in [5, 5.41) is 2.75. The summed E-state index contributed by atoms with van der Waals surface area (Å²) in [6, 6.07) is 6.23. The molecule has 1 saturated heterocycles. The Hall–Kier alpha value is -2.25. The number of carbonyl (C=O) groups is 1. The van der Waals surface area contributed by atoms with Gasteiger partial charge < -0.3 is 19.9 Å². The van der Waals surface area contributed by atoms with Crippen molar-refractivity contribution in [3.05, 3.63) is 30.0 Å². The Bertz CT molecular complexity index is 653. The van der Waals surface area contributed by atoms with Crippen molar-refractivity contribution in [1.82, 2.24) is 10.2 Å². The number of anilines is 2. The van der Waals surface area contributed by atoms with Gasteiger partial charge in [-0.3, -0.25) is 15.1 Å². The van der Waals surface area contributed by atoms with Gasteiger partial charge in [-0.15, -0.1) is 0 Å². The zero-order valence-electron chi connectivity index (χ0n) is 20.2. The maximum atomic E-state index is 10.7. The van der Waals surface area contributed by atoms with Gasteiger partial charge in [0.2, 0.25) is 6.41 Å². The van der Waals surface area contributed by atoms with Crippen molar-refractivity contribution in [2.24, 2.45) is 0 Å². The molecular formula is C24H42N4O3. The molecule has 1 fully saturated rings. The predicted octanol–water partition coefficient (Wildman–Crippen LogP) is 4.12. The number of carbonyl (C=O) groups excluding carboxylic acids is 1. The van der Waals surface area contributed by atoms with E-state index in [1.54, 1.807) is 7.11 Å². The Balaban J connectivity index is 0.00000233. The summed E-state index contributed by atoms with van der Waals surface area (Å²) in [6.07, 6.45) is 7.52. The molecule has 1 aliphatic rings. The van der Waals surface area contributed by atoms with Crippen LogP contribution in [0.2, 0.25) is 0 Å². The first-order valence-corrected chi connectivity index (χ1v) is 11.3. The zero-order chi connectivity index (χ0) is 23.1. The van der Waals surface area contributed by atoms with Crippen molar-refractivity contribution in [3.63, 3.8) is 0 Å². The van der Waals surface area contributed by atoms with Crippen LogP contribution in [0, 0.1) is 0 Å². The summed E-state index contributed by atoms with van der Waals surface area (Å²) in [5.74, 6) is 0. The van der Waals surface area contributed by atoms with E-state index in [0.717, 1.165) is 43.0 Å². The van der Waals surface area contributed by atoms with E-state index in [1.165, 1.54) is 12.8 Å². The van der Waals surface area contributed by atoms with Gasteiger partial charge in [0.25, 0.3) is 0 Å². The van der Waals surface area contributed by atoms with E-state index < -0.39 is 0 Å². The topological polar surface area (TPSA) is 66.1 Å². The Morgan fingerprint density at radius 3 is 2.48 bits per heavy atom. The third-order valence-corrected chi connectivity index (χ3v) is 4.72. The maximum Gasteiger partial charge on any atom is 0.207 e. The fourth-order valence-corrected chi connectivity index (χ4v) is 3.25. The highest BCUT2D eigenvalue weighted by Crippen LogP contribution is 2.25. The molecule has 2 N–H and O–H groups in total. The molecule has 1 aromatic rings. The standard InChI is InChI=1S/C22H36N4O3.C2H6/c1-22(2,3)29-16-15-26(14-10-23-18-27)20-7-8-21(24-28-4)19(17-20)9-13-25-11-5-6-12-25;1-2/h7-9,13,17-18,24H,5-6,10-12,14-16H2,1-4H3,(H,23,27);1-2H3/b13-9+;. The lowest BCUT2D eigenvalue weighted by Crippen LogP contribution is -2.35. The first kappa shape index (κ1) is 26.8. The molecule has 1 amide bonds. The van der Waals surface area contributed by atoms with E-state index in [9.17, 15) is 4.79 Å². The van der Waals surface area contributed by atoms with Crippen molar-refractivity contribution < 1.29 is 14.4 Å². The predicted molar refractivity (Wildman–Crippen MR) is 130 cm³/mol. The highest BCUT2D eigenvalue weighted by atomic mass is 16.6. The van der Waals surface area contributed by atoms with Crippen molar-refractivity contribution in [2.75, 3.05) is 56.8 Å².